The van der Waals surface area contributed by atoms with Crippen molar-refractivity contribution in [1.82, 2.24) is 10.2 Å². The molecule has 0 atom stereocenters. The van der Waals surface area contributed by atoms with Crippen LogP contribution in [-0.2, 0) is 4.79 Å². The third-order valence-electron chi connectivity index (χ3n) is 3.70. The highest BCUT2D eigenvalue weighted by Crippen LogP contribution is 2.20. The Morgan fingerprint density at radius 1 is 1.35 bits per heavy atom. The second-order valence-corrected chi connectivity index (χ2v) is 5.81. The Morgan fingerprint density at radius 2 is 2.05 bits per heavy atom. The largest absolute Gasteiger partial charge is 0.324 e. The summed E-state index contributed by atoms with van der Waals surface area (Å²) < 4.78 is 0. The van der Waals surface area contributed by atoms with Crippen molar-refractivity contribution in [2.45, 2.75) is 12.8 Å². The fourth-order valence-electron chi connectivity index (χ4n) is 2.41. The lowest BCUT2D eigenvalue weighted by Gasteiger charge is -2.28. The van der Waals surface area contributed by atoms with Gasteiger partial charge in [-0.3, -0.25) is 4.79 Å². The number of nitrogens with zero attached hydrogens (tertiary/aromatic N) is 1. The van der Waals surface area contributed by atoms with Crippen LogP contribution in [-0.4, -0.2) is 44.0 Å². The Bertz CT molecular complexity index is 444. The fraction of sp³-hybridized carbons (Fsp3) is 0.533. The van der Waals surface area contributed by atoms with E-state index in [0.717, 1.165) is 19.6 Å². The van der Waals surface area contributed by atoms with E-state index in [9.17, 15) is 4.79 Å². The first-order valence-electron chi connectivity index (χ1n) is 7.09. The van der Waals surface area contributed by atoms with Crippen LogP contribution in [0.2, 0.25) is 5.02 Å². The summed E-state index contributed by atoms with van der Waals surface area (Å²) in [6, 6.07) is 7.27. The van der Waals surface area contributed by atoms with Gasteiger partial charge in [0, 0.05) is 0 Å². The maximum absolute atomic E-state index is 11.8. The van der Waals surface area contributed by atoms with Crippen molar-refractivity contribution >= 4 is 23.2 Å². The van der Waals surface area contributed by atoms with Crippen molar-refractivity contribution in [1.29, 1.82) is 0 Å². The molecule has 1 aromatic rings. The molecule has 0 saturated carbocycles. The molecule has 0 bridgehead atoms. The molecule has 4 nitrogen and oxygen atoms in total. The summed E-state index contributed by atoms with van der Waals surface area (Å²) in [7, 11) is 2.15. The van der Waals surface area contributed by atoms with Gasteiger partial charge < -0.3 is 15.5 Å². The Balaban J connectivity index is 1.67. The number of carbonyl (C=O) groups is 1. The SMILES string of the molecule is CN1CCC(CNCC(=O)Nc2ccccc2Cl)CC1. The Morgan fingerprint density at radius 3 is 2.75 bits per heavy atom. The number of rotatable bonds is 5. The van der Waals surface area contributed by atoms with E-state index >= 15 is 0 Å². The minimum atomic E-state index is -0.0500. The molecule has 0 unspecified atom stereocenters. The molecule has 1 amide bonds. The number of piperidine rings is 1. The molecule has 20 heavy (non-hydrogen) atoms. The van der Waals surface area contributed by atoms with E-state index in [2.05, 4.69) is 22.6 Å². The molecule has 1 aromatic carbocycles. The summed E-state index contributed by atoms with van der Waals surface area (Å²) in [5, 5.41) is 6.62. The highest BCUT2D eigenvalue weighted by atomic mass is 35.5. The molecule has 1 aliphatic rings. The molecule has 0 aliphatic carbocycles. The number of carbonyl (C=O) groups excluding carboxylic acids is 1. The number of hydrogen-bond acceptors (Lipinski definition) is 3. The number of para-hydroxylation sites is 1. The zero-order valence-corrected chi connectivity index (χ0v) is 12.6. The van der Waals surface area contributed by atoms with E-state index < -0.39 is 0 Å². The number of benzene rings is 1. The summed E-state index contributed by atoms with van der Waals surface area (Å²) in [5.74, 6) is 0.630. The second kappa shape index (κ2) is 7.62. The van der Waals surface area contributed by atoms with Crippen molar-refractivity contribution in [2.24, 2.45) is 5.92 Å². The van der Waals surface area contributed by atoms with Gasteiger partial charge in [-0.2, -0.15) is 0 Å². The van der Waals surface area contributed by atoms with E-state index in [4.69, 9.17) is 11.6 Å². The van der Waals surface area contributed by atoms with Crippen LogP contribution in [0.25, 0.3) is 0 Å². The van der Waals surface area contributed by atoms with Crippen molar-refractivity contribution in [3.63, 3.8) is 0 Å². The first kappa shape index (κ1) is 15.3. The molecule has 0 aromatic heterocycles. The lowest BCUT2D eigenvalue weighted by Crippen LogP contribution is -2.37. The molecule has 0 spiro atoms. The summed E-state index contributed by atoms with van der Waals surface area (Å²) in [5.41, 5.74) is 0.667. The Labute approximate surface area is 125 Å². The average molecular weight is 296 g/mol. The molecule has 1 aliphatic heterocycles. The number of hydrogen-bond donors (Lipinski definition) is 2. The monoisotopic (exact) mass is 295 g/mol. The summed E-state index contributed by atoms with van der Waals surface area (Å²) in [4.78, 5) is 14.2. The molecular formula is C15H22ClN3O. The highest BCUT2D eigenvalue weighted by molar-refractivity contribution is 6.33. The van der Waals surface area contributed by atoms with E-state index in [1.165, 1.54) is 12.8 Å². The normalized spacial score (nSPS) is 17.1. The van der Waals surface area contributed by atoms with Gasteiger partial charge in [0.25, 0.3) is 0 Å². The van der Waals surface area contributed by atoms with Crippen molar-refractivity contribution in [3.8, 4) is 0 Å². The molecule has 5 heteroatoms. The third-order valence-corrected chi connectivity index (χ3v) is 4.03. The Hall–Kier alpha value is -1.10. The quantitative estimate of drug-likeness (QED) is 0.875. The molecule has 1 fully saturated rings. The van der Waals surface area contributed by atoms with E-state index in [-0.39, 0.29) is 5.91 Å². The lowest BCUT2D eigenvalue weighted by molar-refractivity contribution is -0.115. The molecule has 1 heterocycles. The van der Waals surface area contributed by atoms with Gasteiger partial charge in [-0.15, -0.1) is 0 Å². The predicted octanol–water partition coefficient (Wildman–Crippen LogP) is 2.21. The molecule has 2 N–H and O–H groups in total. The van der Waals surface area contributed by atoms with E-state index in [1.54, 1.807) is 12.1 Å². The van der Waals surface area contributed by atoms with E-state index in [0.29, 0.717) is 23.2 Å². The minimum absolute atomic E-state index is 0.0500. The van der Waals surface area contributed by atoms with Crippen LogP contribution in [0, 0.1) is 5.92 Å². The van der Waals surface area contributed by atoms with Crippen molar-refractivity contribution in [2.75, 3.05) is 38.5 Å². The first-order valence-corrected chi connectivity index (χ1v) is 7.46. The molecule has 2 rings (SSSR count). The van der Waals surface area contributed by atoms with Gasteiger partial charge in [-0.25, -0.2) is 0 Å². The zero-order valence-electron chi connectivity index (χ0n) is 11.9. The molecule has 0 radical (unpaired) electrons. The minimum Gasteiger partial charge on any atom is -0.324 e. The summed E-state index contributed by atoms with van der Waals surface area (Å²) in [6.07, 6.45) is 2.41. The molecule has 110 valence electrons. The van der Waals surface area contributed by atoms with Crippen LogP contribution in [0.1, 0.15) is 12.8 Å². The van der Waals surface area contributed by atoms with Crippen LogP contribution < -0.4 is 10.6 Å². The number of nitrogens with one attached hydrogen (secondary N) is 2. The first-order chi connectivity index (χ1) is 9.65. The molecular weight excluding hydrogens is 274 g/mol. The van der Waals surface area contributed by atoms with Crippen LogP contribution in [0.4, 0.5) is 5.69 Å². The van der Waals surface area contributed by atoms with Crippen LogP contribution in [0.3, 0.4) is 0 Å². The highest BCUT2D eigenvalue weighted by Gasteiger charge is 2.16. The summed E-state index contributed by atoms with van der Waals surface area (Å²) in [6.45, 7) is 3.54. The summed E-state index contributed by atoms with van der Waals surface area (Å²) >= 11 is 6.00. The van der Waals surface area contributed by atoms with Gasteiger partial charge in [0.2, 0.25) is 5.91 Å². The third kappa shape index (κ3) is 4.78. The number of likely N-dealkylation sites (tertiary alicyclic amines) is 1. The number of anilines is 1. The topological polar surface area (TPSA) is 44.4 Å². The fourth-order valence-corrected chi connectivity index (χ4v) is 2.60. The van der Waals surface area contributed by atoms with Gasteiger partial charge in [-0.1, -0.05) is 23.7 Å². The lowest BCUT2D eigenvalue weighted by atomic mass is 9.97. The smallest absolute Gasteiger partial charge is 0.238 e. The standard InChI is InChI=1S/C15H22ClN3O/c1-19-8-6-12(7-9-19)10-17-11-15(20)18-14-5-3-2-4-13(14)16/h2-5,12,17H,6-11H2,1H3,(H,18,20). The maximum atomic E-state index is 11.8. The van der Waals surface area contributed by atoms with Crippen molar-refractivity contribution < 1.29 is 4.79 Å². The van der Waals surface area contributed by atoms with Gasteiger partial charge in [0.15, 0.2) is 0 Å². The number of amides is 1. The maximum Gasteiger partial charge on any atom is 0.238 e. The van der Waals surface area contributed by atoms with Crippen LogP contribution >= 0.6 is 11.6 Å². The Kier molecular flexibility index (Phi) is 5.83. The van der Waals surface area contributed by atoms with Gasteiger partial charge in [0.05, 0.1) is 17.3 Å². The van der Waals surface area contributed by atoms with Gasteiger partial charge in [0.1, 0.15) is 0 Å². The van der Waals surface area contributed by atoms with Gasteiger partial charge in [-0.05, 0) is 57.6 Å². The number of halogens is 1. The second-order valence-electron chi connectivity index (χ2n) is 5.41. The molecule has 1 saturated heterocycles. The zero-order chi connectivity index (χ0) is 14.4. The average Bonchev–Trinajstić information content (AvgIpc) is 2.44. The van der Waals surface area contributed by atoms with Gasteiger partial charge >= 0.3 is 0 Å². The van der Waals surface area contributed by atoms with Crippen molar-refractivity contribution in [3.05, 3.63) is 29.3 Å². The predicted molar refractivity (Wildman–Crippen MR) is 83.2 cm³/mol. The van der Waals surface area contributed by atoms with E-state index in [1.807, 2.05) is 12.1 Å². The van der Waals surface area contributed by atoms with Crippen LogP contribution in [0.5, 0.6) is 0 Å². The van der Waals surface area contributed by atoms with Crippen LogP contribution in [0.15, 0.2) is 24.3 Å².